The number of hydrogen-bond donors (Lipinski definition) is 1. The Labute approximate surface area is 117 Å². The molecule has 5 heteroatoms. The van der Waals surface area contributed by atoms with E-state index in [9.17, 15) is 0 Å². The minimum Gasteiger partial charge on any atom is -0.475 e. The van der Waals surface area contributed by atoms with Crippen LogP contribution in [-0.2, 0) is 0 Å². The average molecular weight is 277 g/mol. The quantitative estimate of drug-likeness (QED) is 0.936. The lowest BCUT2D eigenvalue weighted by Crippen LogP contribution is -2.47. The molecule has 0 bridgehead atoms. The molecule has 0 radical (unpaired) electrons. The Balaban J connectivity index is 1.78. The lowest BCUT2D eigenvalue weighted by Gasteiger charge is -2.32. The van der Waals surface area contributed by atoms with E-state index in [1.165, 1.54) is 24.8 Å². The summed E-state index contributed by atoms with van der Waals surface area (Å²) in [7, 11) is 0. The van der Waals surface area contributed by atoms with Gasteiger partial charge >= 0.3 is 0 Å². The number of fused-ring (bicyclic) bond motifs is 1. The lowest BCUT2D eigenvalue weighted by atomic mass is 9.83. The lowest BCUT2D eigenvalue weighted by molar-refractivity contribution is 0.171. The van der Waals surface area contributed by atoms with Crippen molar-refractivity contribution < 1.29 is 4.74 Å². The van der Waals surface area contributed by atoms with Gasteiger partial charge in [0, 0.05) is 0 Å². The van der Waals surface area contributed by atoms with Crippen LogP contribution >= 0.6 is 11.3 Å². The average Bonchev–Trinajstić information content (AvgIpc) is 2.80. The second kappa shape index (κ2) is 5.06. The second-order valence-electron chi connectivity index (χ2n) is 5.49. The number of nitrogens with zero attached hydrogens (tertiary/aromatic N) is 2. The van der Waals surface area contributed by atoms with Crippen LogP contribution in [-0.4, -0.2) is 22.1 Å². The zero-order valence-corrected chi connectivity index (χ0v) is 12.0. The predicted octanol–water partition coefficient (Wildman–Crippen LogP) is 3.04. The Morgan fingerprint density at radius 1 is 1.32 bits per heavy atom. The third kappa shape index (κ3) is 2.58. The van der Waals surface area contributed by atoms with Crippen LogP contribution in [0.3, 0.4) is 0 Å². The predicted molar refractivity (Wildman–Crippen MR) is 77.7 cm³/mol. The molecule has 2 aromatic rings. The molecular formula is C14H19N3OS. The fourth-order valence-electron chi connectivity index (χ4n) is 2.66. The fraction of sp³-hybridized carbons (Fsp3) is 0.571. The van der Waals surface area contributed by atoms with Gasteiger partial charge < -0.3 is 10.5 Å². The van der Waals surface area contributed by atoms with Crippen molar-refractivity contribution in [1.29, 1.82) is 0 Å². The Bertz CT molecular complexity index is 575. The molecule has 4 nitrogen and oxygen atoms in total. The van der Waals surface area contributed by atoms with Gasteiger partial charge in [-0.15, -0.1) is 11.3 Å². The van der Waals surface area contributed by atoms with E-state index in [4.69, 9.17) is 10.5 Å². The van der Waals surface area contributed by atoms with Crippen LogP contribution in [0.4, 0.5) is 0 Å². The van der Waals surface area contributed by atoms with Crippen molar-refractivity contribution in [2.24, 2.45) is 5.73 Å². The van der Waals surface area contributed by atoms with E-state index in [1.807, 2.05) is 0 Å². The van der Waals surface area contributed by atoms with Crippen molar-refractivity contribution in [2.45, 2.75) is 44.6 Å². The van der Waals surface area contributed by atoms with Crippen molar-refractivity contribution >= 4 is 21.6 Å². The summed E-state index contributed by atoms with van der Waals surface area (Å²) in [6.45, 7) is 2.61. The molecule has 3 rings (SSSR count). The molecule has 2 N–H and O–H groups in total. The minimum absolute atomic E-state index is 0.179. The largest absolute Gasteiger partial charge is 0.475 e. The topological polar surface area (TPSA) is 61.0 Å². The van der Waals surface area contributed by atoms with E-state index in [-0.39, 0.29) is 5.54 Å². The molecule has 2 heterocycles. The summed E-state index contributed by atoms with van der Waals surface area (Å²) in [6.07, 6.45) is 7.37. The van der Waals surface area contributed by atoms with Gasteiger partial charge in [0.25, 0.3) is 0 Å². The van der Waals surface area contributed by atoms with Crippen molar-refractivity contribution in [1.82, 2.24) is 9.97 Å². The maximum Gasteiger partial charge on any atom is 0.234 e. The van der Waals surface area contributed by atoms with Crippen LogP contribution in [0.1, 0.15) is 37.7 Å². The van der Waals surface area contributed by atoms with Crippen LogP contribution in [0, 0.1) is 6.92 Å². The summed E-state index contributed by atoms with van der Waals surface area (Å²) in [5.41, 5.74) is 8.38. The third-order valence-electron chi connectivity index (χ3n) is 3.84. The summed E-state index contributed by atoms with van der Waals surface area (Å²) >= 11 is 1.64. The molecule has 1 saturated carbocycles. The molecular weight excluding hydrogens is 258 g/mol. The molecule has 19 heavy (non-hydrogen) atoms. The smallest absolute Gasteiger partial charge is 0.234 e. The summed E-state index contributed by atoms with van der Waals surface area (Å²) in [5, 5.41) is 2.09. The third-order valence-corrected chi connectivity index (χ3v) is 4.92. The highest BCUT2D eigenvalue weighted by molar-refractivity contribution is 7.17. The van der Waals surface area contributed by atoms with Crippen LogP contribution in [0.5, 0.6) is 5.88 Å². The second-order valence-corrected chi connectivity index (χ2v) is 6.37. The van der Waals surface area contributed by atoms with Gasteiger partial charge in [0.15, 0.2) is 0 Å². The summed E-state index contributed by atoms with van der Waals surface area (Å²) in [5.74, 6) is 0.679. The van der Waals surface area contributed by atoms with E-state index >= 15 is 0 Å². The van der Waals surface area contributed by atoms with Crippen LogP contribution in [0.2, 0.25) is 0 Å². The van der Waals surface area contributed by atoms with Gasteiger partial charge in [0.05, 0.1) is 11.1 Å². The van der Waals surface area contributed by atoms with Crippen molar-refractivity contribution in [3.05, 3.63) is 17.3 Å². The molecule has 0 amide bonds. The maximum absolute atomic E-state index is 6.39. The van der Waals surface area contributed by atoms with Gasteiger partial charge in [-0.2, -0.15) is 0 Å². The fourth-order valence-corrected chi connectivity index (χ4v) is 3.61. The van der Waals surface area contributed by atoms with E-state index in [0.717, 1.165) is 23.1 Å². The van der Waals surface area contributed by atoms with Crippen molar-refractivity contribution in [2.75, 3.05) is 6.61 Å². The highest BCUT2D eigenvalue weighted by Crippen LogP contribution is 2.32. The molecule has 0 unspecified atom stereocenters. The monoisotopic (exact) mass is 277 g/mol. The zero-order valence-electron chi connectivity index (χ0n) is 11.2. The van der Waals surface area contributed by atoms with Gasteiger partial charge in [-0.3, -0.25) is 0 Å². The molecule has 0 saturated heterocycles. The van der Waals surface area contributed by atoms with Crippen molar-refractivity contribution in [3.8, 4) is 5.88 Å². The summed E-state index contributed by atoms with van der Waals surface area (Å²) in [4.78, 5) is 8.56. The first-order valence-corrected chi connectivity index (χ1v) is 7.66. The number of thiophene rings is 1. The number of rotatable bonds is 3. The molecule has 0 aromatic carbocycles. The zero-order chi connectivity index (χ0) is 13.3. The Hall–Kier alpha value is -1.20. The molecule has 1 fully saturated rings. The number of ether oxygens (including phenoxy) is 1. The molecule has 102 valence electrons. The molecule has 2 aromatic heterocycles. The first-order valence-electron chi connectivity index (χ1n) is 6.78. The van der Waals surface area contributed by atoms with E-state index in [0.29, 0.717) is 12.5 Å². The van der Waals surface area contributed by atoms with Crippen LogP contribution in [0.25, 0.3) is 10.2 Å². The van der Waals surface area contributed by atoms with E-state index < -0.39 is 0 Å². The minimum atomic E-state index is -0.179. The Morgan fingerprint density at radius 3 is 2.89 bits per heavy atom. The van der Waals surface area contributed by atoms with Gasteiger partial charge in [0.2, 0.25) is 5.88 Å². The Kier molecular flexibility index (Phi) is 3.41. The van der Waals surface area contributed by atoms with Gasteiger partial charge in [0.1, 0.15) is 17.6 Å². The number of aryl methyl sites for hydroxylation is 1. The summed E-state index contributed by atoms with van der Waals surface area (Å²) < 4.78 is 6.94. The van der Waals surface area contributed by atoms with Crippen LogP contribution in [0.15, 0.2) is 11.7 Å². The number of nitrogens with two attached hydrogens (primary N) is 1. The number of hydrogen-bond acceptors (Lipinski definition) is 5. The molecule has 0 spiro atoms. The summed E-state index contributed by atoms with van der Waals surface area (Å²) in [6, 6.07) is 0. The highest BCUT2D eigenvalue weighted by Gasteiger charge is 2.28. The maximum atomic E-state index is 6.39. The first kappa shape index (κ1) is 12.8. The van der Waals surface area contributed by atoms with E-state index in [2.05, 4.69) is 22.3 Å². The highest BCUT2D eigenvalue weighted by atomic mass is 32.1. The Morgan fingerprint density at radius 2 is 2.11 bits per heavy atom. The standard InChI is InChI=1S/C14H19N3OS/c1-10-7-19-12-11(10)16-9-17-13(12)18-8-14(15)5-3-2-4-6-14/h7,9H,2-6,8,15H2,1H3. The first-order chi connectivity index (χ1) is 9.18. The SMILES string of the molecule is Cc1csc2c(OCC3(N)CCCCC3)ncnc12. The van der Waals surface area contributed by atoms with Gasteiger partial charge in [-0.25, -0.2) is 9.97 Å². The van der Waals surface area contributed by atoms with Crippen molar-refractivity contribution in [3.63, 3.8) is 0 Å². The normalized spacial score (nSPS) is 18.6. The molecule has 0 atom stereocenters. The molecule has 1 aliphatic carbocycles. The van der Waals surface area contributed by atoms with E-state index in [1.54, 1.807) is 17.7 Å². The molecule has 0 aliphatic heterocycles. The molecule has 1 aliphatic rings. The number of aromatic nitrogens is 2. The van der Waals surface area contributed by atoms with Crippen LogP contribution < -0.4 is 10.5 Å². The van der Waals surface area contributed by atoms with Gasteiger partial charge in [-0.1, -0.05) is 19.3 Å². The van der Waals surface area contributed by atoms with Gasteiger partial charge in [-0.05, 0) is 30.7 Å².